The van der Waals surface area contributed by atoms with Crippen LogP contribution in [0.3, 0.4) is 0 Å². The molecule has 92 valence electrons. The average Bonchev–Trinajstić information content (AvgIpc) is 2.31. The highest BCUT2D eigenvalue weighted by Gasteiger charge is 2.06. The number of hydrogen-bond donors (Lipinski definition) is 2. The van der Waals surface area contributed by atoms with Gasteiger partial charge in [-0.05, 0) is 37.6 Å². The summed E-state index contributed by atoms with van der Waals surface area (Å²) < 4.78 is 0. The predicted octanol–water partition coefficient (Wildman–Crippen LogP) is 3.08. The number of thiocarbonyl (C=S) groups is 1. The number of nitrogens with zero attached hydrogens (tertiary/aromatic N) is 1. The summed E-state index contributed by atoms with van der Waals surface area (Å²) >= 11 is 5.07. The van der Waals surface area contributed by atoms with Gasteiger partial charge in [0, 0.05) is 17.4 Å². The molecular weight excluding hydrogens is 242 g/mol. The molecule has 0 radical (unpaired) electrons. The van der Waals surface area contributed by atoms with E-state index in [1.165, 1.54) is 0 Å². The number of anilines is 2. The molecule has 0 atom stereocenters. The normalized spacial score (nSPS) is 10.1. The molecule has 2 aromatic rings. The highest BCUT2D eigenvalue weighted by molar-refractivity contribution is 7.80. The summed E-state index contributed by atoms with van der Waals surface area (Å²) in [5.74, 6) is 0. The molecule has 2 rings (SSSR count). The molecule has 0 bridgehead atoms. The van der Waals surface area contributed by atoms with Crippen molar-refractivity contribution in [3.8, 4) is 0 Å². The fourth-order valence-electron chi connectivity index (χ4n) is 1.75. The SMILES string of the molecule is Cc1cncc(Nc2ccc(C)cc2C(N)=S)c1. The minimum Gasteiger partial charge on any atom is -0.389 e. The van der Waals surface area contributed by atoms with E-state index in [0.29, 0.717) is 4.99 Å². The summed E-state index contributed by atoms with van der Waals surface area (Å²) in [6.45, 7) is 4.02. The molecule has 0 fully saturated rings. The molecule has 1 heterocycles. The molecule has 3 N–H and O–H groups in total. The lowest BCUT2D eigenvalue weighted by Crippen LogP contribution is -2.12. The molecule has 4 heteroatoms. The van der Waals surface area contributed by atoms with Gasteiger partial charge < -0.3 is 11.1 Å². The maximum absolute atomic E-state index is 5.74. The second-order valence-electron chi connectivity index (χ2n) is 4.29. The largest absolute Gasteiger partial charge is 0.389 e. The minimum atomic E-state index is 0.391. The first-order valence-corrected chi connectivity index (χ1v) is 6.06. The second kappa shape index (κ2) is 5.14. The standard InChI is InChI=1S/C14H15N3S/c1-9-3-4-13(12(6-9)14(15)18)17-11-5-10(2)7-16-8-11/h3-8,17H,1-2H3,(H2,15,18). The van der Waals surface area contributed by atoms with Crippen molar-refractivity contribution in [1.82, 2.24) is 4.98 Å². The van der Waals surface area contributed by atoms with Crippen molar-refractivity contribution in [2.24, 2.45) is 5.73 Å². The smallest absolute Gasteiger partial charge is 0.106 e. The number of nitrogens with one attached hydrogen (secondary N) is 1. The maximum Gasteiger partial charge on any atom is 0.106 e. The molecular formula is C14H15N3S. The van der Waals surface area contributed by atoms with E-state index in [2.05, 4.69) is 10.3 Å². The van der Waals surface area contributed by atoms with Crippen LogP contribution in [0.5, 0.6) is 0 Å². The Labute approximate surface area is 112 Å². The molecule has 0 aliphatic carbocycles. The molecule has 0 aliphatic rings. The number of aromatic nitrogens is 1. The van der Waals surface area contributed by atoms with Gasteiger partial charge in [-0.2, -0.15) is 0 Å². The van der Waals surface area contributed by atoms with Crippen LogP contribution in [0.25, 0.3) is 0 Å². The van der Waals surface area contributed by atoms with Crippen molar-refractivity contribution in [3.63, 3.8) is 0 Å². The highest BCUT2D eigenvalue weighted by Crippen LogP contribution is 2.22. The zero-order valence-corrected chi connectivity index (χ0v) is 11.2. The van der Waals surface area contributed by atoms with Gasteiger partial charge in [-0.1, -0.05) is 23.8 Å². The molecule has 0 aliphatic heterocycles. The quantitative estimate of drug-likeness (QED) is 0.830. The molecule has 1 aromatic carbocycles. The van der Waals surface area contributed by atoms with Crippen LogP contribution < -0.4 is 11.1 Å². The van der Waals surface area contributed by atoms with Crippen LogP contribution in [0.4, 0.5) is 11.4 Å². The highest BCUT2D eigenvalue weighted by atomic mass is 32.1. The summed E-state index contributed by atoms with van der Waals surface area (Å²) in [6.07, 6.45) is 3.59. The summed E-state index contributed by atoms with van der Waals surface area (Å²) in [6, 6.07) is 8.00. The Morgan fingerprint density at radius 2 is 1.94 bits per heavy atom. The van der Waals surface area contributed by atoms with Crippen LogP contribution in [0.2, 0.25) is 0 Å². The van der Waals surface area contributed by atoms with Gasteiger partial charge in [0.2, 0.25) is 0 Å². The van der Waals surface area contributed by atoms with Gasteiger partial charge in [0.15, 0.2) is 0 Å². The summed E-state index contributed by atoms with van der Waals surface area (Å²) in [4.78, 5) is 4.54. The zero-order chi connectivity index (χ0) is 13.1. The Kier molecular flexibility index (Phi) is 3.58. The number of benzene rings is 1. The Morgan fingerprint density at radius 3 is 2.61 bits per heavy atom. The molecule has 1 aromatic heterocycles. The van der Waals surface area contributed by atoms with Crippen molar-refractivity contribution < 1.29 is 0 Å². The summed E-state index contributed by atoms with van der Waals surface area (Å²) in [5.41, 5.74) is 10.7. The first-order chi connectivity index (χ1) is 8.56. The Hall–Kier alpha value is -1.94. The van der Waals surface area contributed by atoms with Crippen molar-refractivity contribution in [2.75, 3.05) is 5.32 Å². The van der Waals surface area contributed by atoms with Gasteiger partial charge in [-0.3, -0.25) is 4.98 Å². The molecule has 0 saturated heterocycles. The summed E-state index contributed by atoms with van der Waals surface area (Å²) in [7, 11) is 0. The van der Waals surface area contributed by atoms with E-state index >= 15 is 0 Å². The van der Waals surface area contributed by atoms with Crippen LogP contribution in [0.1, 0.15) is 16.7 Å². The first kappa shape index (κ1) is 12.5. The van der Waals surface area contributed by atoms with Crippen molar-refractivity contribution >= 4 is 28.6 Å². The molecule has 0 amide bonds. The second-order valence-corrected chi connectivity index (χ2v) is 4.73. The maximum atomic E-state index is 5.74. The number of hydrogen-bond acceptors (Lipinski definition) is 3. The first-order valence-electron chi connectivity index (χ1n) is 5.65. The number of pyridine rings is 1. The van der Waals surface area contributed by atoms with Gasteiger partial charge in [0.05, 0.1) is 11.9 Å². The van der Waals surface area contributed by atoms with E-state index in [1.807, 2.05) is 44.3 Å². The molecule has 0 spiro atoms. The third-order valence-corrected chi connectivity index (χ3v) is 2.81. The van der Waals surface area contributed by atoms with Crippen LogP contribution in [-0.2, 0) is 0 Å². The van der Waals surface area contributed by atoms with Crippen LogP contribution in [-0.4, -0.2) is 9.97 Å². The van der Waals surface area contributed by atoms with Crippen molar-refractivity contribution in [1.29, 1.82) is 0 Å². The van der Waals surface area contributed by atoms with Gasteiger partial charge in [-0.25, -0.2) is 0 Å². The average molecular weight is 257 g/mol. The minimum absolute atomic E-state index is 0.391. The zero-order valence-electron chi connectivity index (χ0n) is 10.4. The summed E-state index contributed by atoms with van der Waals surface area (Å²) in [5, 5.41) is 3.29. The van der Waals surface area contributed by atoms with Gasteiger partial charge in [0.1, 0.15) is 4.99 Å². The monoisotopic (exact) mass is 257 g/mol. The van der Waals surface area contributed by atoms with Gasteiger partial charge in [-0.15, -0.1) is 0 Å². The van der Waals surface area contributed by atoms with Crippen LogP contribution >= 0.6 is 12.2 Å². The fraction of sp³-hybridized carbons (Fsp3) is 0.143. The topological polar surface area (TPSA) is 50.9 Å². The van der Waals surface area contributed by atoms with E-state index in [1.54, 1.807) is 6.20 Å². The van der Waals surface area contributed by atoms with Crippen LogP contribution in [0.15, 0.2) is 36.7 Å². The van der Waals surface area contributed by atoms with E-state index in [0.717, 1.165) is 28.1 Å². The lowest BCUT2D eigenvalue weighted by atomic mass is 10.1. The van der Waals surface area contributed by atoms with E-state index in [9.17, 15) is 0 Å². The Bertz CT molecular complexity index is 593. The Balaban J connectivity index is 2.37. The number of rotatable bonds is 3. The lowest BCUT2D eigenvalue weighted by molar-refractivity contribution is 1.26. The van der Waals surface area contributed by atoms with E-state index in [4.69, 9.17) is 18.0 Å². The third kappa shape index (κ3) is 2.84. The fourth-order valence-corrected chi connectivity index (χ4v) is 1.92. The van der Waals surface area contributed by atoms with Crippen molar-refractivity contribution in [3.05, 3.63) is 53.3 Å². The van der Waals surface area contributed by atoms with E-state index in [-0.39, 0.29) is 0 Å². The van der Waals surface area contributed by atoms with Crippen LogP contribution in [0, 0.1) is 13.8 Å². The molecule has 18 heavy (non-hydrogen) atoms. The third-order valence-electron chi connectivity index (χ3n) is 2.59. The van der Waals surface area contributed by atoms with E-state index < -0.39 is 0 Å². The Morgan fingerprint density at radius 1 is 1.17 bits per heavy atom. The molecule has 0 unspecified atom stereocenters. The van der Waals surface area contributed by atoms with Crippen molar-refractivity contribution in [2.45, 2.75) is 13.8 Å². The molecule has 0 saturated carbocycles. The molecule has 3 nitrogen and oxygen atoms in total. The number of aryl methyl sites for hydroxylation is 2. The van der Waals surface area contributed by atoms with Gasteiger partial charge >= 0.3 is 0 Å². The lowest BCUT2D eigenvalue weighted by Gasteiger charge is -2.12. The predicted molar refractivity (Wildman–Crippen MR) is 79.3 cm³/mol. The number of nitrogens with two attached hydrogens (primary N) is 1. The van der Waals surface area contributed by atoms with Gasteiger partial charge in [0.25, 0.3) is 0 Å².